The van der Waals surface area contributed by atoms with Crippen molar-refractivity contribution in [3.05, 3.63) is 12.7 Å². The molecular formula is C36H59N7O4. The van der Waals surface area contributed by atoms with Crippen molar-refractivity contribution in [2.45, 2.75) is 120 Å². The zero-order valence-corrected chi connectivity index (χ0v) is 28.7. The molecule has 1 saturated carbocycles. The van der Waals surface area contributed by atoms with Gasteiger partial charge in [-0.05, 0) is 82.6 Å². The highest BCUT2D eigenvalue weighted by Crippen LogP contribution is 2.48. The number of nitrogens with two attached hydrogens (primary N) is 1. The maximum Gasteiger partial charge on any atom is 0.245 e. The van der Waals surface area contributed by atoms with Gasteiger partial charge in [0.1, 0.15) is 6.23 Å². The Kier molecular flexibility index (Phi) is 10.9. The van der Waals surface area contributed by atoms with Crippen molar-refractivity contribution in [3.8, 4) is 11.8 Å². The van der Waals surface area contributed by atoms with Crippen LogP contribution in [0.2, 0.25) is 0 Å². The monoisotopic (exact) mass is 653 g/mol. The Hall–Kier alpha value is -1.59. The van der Waals surface area contributed by atoms with Crippen molar-refractivity contribution < 1.29 is 19.0 Å². The van der Waals surface area contributed by atoms with Crippen molar-refractivity contribution in [1.29, 1.82) is 0 Å². The number of fused-ring (bicyclic) bond motifs is 1. The molecule has 0 aromatic heterocycles. The quantitative estimate of drug-likeness (QED) is 0.237. The molecule has 0 spiro atoms. The fraction of sp³-hybridized carbons (Fsp3) is 0.861. The summed E-state index contributed by atoms with van der Waals surface area (Å²) in [6.07, 6.45) is 11.5. The maximum atomic E-state index is 12.0. The van der Waals surface area contributed by atoms with Crippen LogP contribution in [0.15, 0.2) is 12.7 Å². The lowest BCUT2D eigenvalue weighted by atomic mass is 9.69. The summed E-state index contributed by atoms with van der Waals surface area (Å²) in [5.74, 6) is 9.20. The van der Waals surface area contributed by atoms with Crippen molar-refractivity contribution >= 4 is 5.91 Å². The predicted molar refractivity (Wildman–Crippen MR) is 181 cm³/mol. The summed E-state index contributed by atoms with van der Waals surface area (Å²) >= 11 is 0. The second-order valence-electron chi connectivity index (χ2n) is 15.3. The first kappa shape index (κ1) is 33.9. The van der Waals surface area contributed by atoms with Gasteiger partial charge in [0.25, 0.3) is 0 Å². The van der Waals surface area contributed by atoms with Crippen LogP contribution < -0.4 is 21.7 Å². The molecule has 5 N–H and O–H groups in total. The molecule has 0 bridgehead atoms. The molecule has 0 aromatic carbocycles. The molecule has 6 heterocycles. The molecule has 7 aliphatic rings. The summed E-state index contributed by atoms with van der Waals surface area (Å²) in [7, 11) is 1.86. The normalized spacial score (nSPS) is 42.4. The number of ether oxygens (including phenoxy) is 3. The summed E-state index contributed by atoms with van der Waals surface area (Å²) in [6.45, 7) is 11.9. The molecule has 11 unspecified atom stereocenters. The van der Waals surface area contributed by atoms with Crippen LogP contribution in [-0.2, 0) is 19.0 Å². The number of carbonyl (C=O) groups is 1. The molecule has 11 atom stereocenters. The number of piperidine rings is 2. The van der Waals surface area contributed by atoms with Gasteiger partial charge in [-0.25, -0.2) is 0 Å². The minimum Gasteiger partial charge on any atom is -0.380 e. The maximum absolute atomic E-state index is 12.0. The van der Waals surface area contributed by atoms with Crippen molar-refractivity contribution in [2.75, 3.05) is 53.2 Å². The van der Waals surface area contributed by atoms with Gasteiger partial charge in [0.2, 0.25) is 5.91 Å². The molecule has 0 aromatic rings. The largest absolute Gasteiger partial charge is 0.380 e. The number of hydrogen-bond acceptors (Lipinski definition) is 10. The third-order valence-corrected chi connectivity index (χ3v) is 12.6. The summed E-state index contributed by atoms with van der Waals surface area (Å²) in [4.78, 5) is 19.2. The number of rotatable bonds is 7. The molecule has 47 heavy (non-hydrogen) atoms. The highest BCUT2D eigenvalue weighted by Gasteiger charge is 2.57. The van der Waals surface area contributed by atoms with E-state index >= 15 is 0 Å². The fourth-order valence-electron chi connectivity index (χ4n) is 10.0. The van der Waals surface area contributed by atoms with Crippen LogP contribution in [0.5, 0.6) is 0 Å². The molecule has 1 amide bonds. The van der Waals surface area contributed by atoms with E-state index in [2.05, 4.69) is 51.1 Å². The van der Waals surface area contributed by atoms with E-state index in [0.29, 0.717) is 42.5 Å². The molecular weight excluding hydrogens is 594 g/mol. The summed E-state index contributed by atoms with van der Waals surface area (Å²) < 4.78 is 18.8. The number of nitrogens with zero attached hydrogens (tertiary/aromatic N) is 3. The lowest BCUT2D eigenvalue weighted by Gasteiger charge is -2.45. The molecule has 6 saturated heterocycles. The minimum absolute atomic E-state index is 0.0535. The van der Waals surface area contributed by atoms with Gasteiger partial charge in [0.15, 0.2) is 0 Å². The fourth-order valence-corrected chi connectivity index (χ4v) is 10.0. The molecule has 262 valence electrons. The van der Waals surface area contributed by atoms with Gasteiger partial charge in [0.05, 0.1) is 37.2 Å². The second-order valence-corrected chi connectivity index (χ2v) is 15.3. The number of hydrogen-bond donors (Lipinski definition) is 4. The summed E-state index contributed by atoms with van der Waals surface area (Å²) in [5, 5.41) is 11.0. The molecule has 0 radical (unpaired) electrons. The summed E-state index contributed by atoms with van der Waals surface area (Å²) in [5.41, 5.74) is 6.94. The van der Waals surface area contributed by atoms with E-state index in [4.69, 9.17) is 19.9 Å². The van der Waals surface area contributed by atoms with Crippen LogP contribution in [0.3, 0.4) is 0 Å². The van der Waals surface area contributed by atoms with Crippen molar-refractivity contribution in [1.82, 2.24) is 30.7 Å². The average molecular weight is 654 g/mol. The highest BCUT2D eigenvalue weighted by atomic mass is 16.5. The molecule has 7 fully saturated rings. The Bertz CT molecular complexity index is 1140. The highest BCUT2D eigenvalue weighted by molar-refractivity contribution is 5.87. The number of likely N-dealkylation sites (tertiary alicyclic amines) is 3. The predicted octanol–water partition coefficient (Wildman–Crippen LogP) is 1.25. The van der Waals surface area contributed by atoms with Crippen LogP contribution in [0.4, 0.5) is 0 Å². The van der Waals surface area contributed by atoms with Crippen LogP contribution in [-0.4, -0.2) is 129 Å². The standard InChI is InChI=1S/C36H59N7O4/c1-4-32(44)41-15-12-26(13-16-41)42-19-24(20-42)8-10-28-33(34-35(37)38-22-39-36(34)43(28)27-14-17-46-21-27)25-9-11-29(30(18-25)45-3)47-31-7-5-6-23(2)40-31/h4,23-31,33-36,38-40H,1,5-7,9,11-22,37H2,2-3H3. The van der Waals surface area contributed by atoms with Gasteiger partial charge in [-0.2, -0.15) is 0 Å². The van der Waals surface area contributed by atoms with Gasteiger partial charge in [-0.15, -0.1) is 0 Å². The number of carbonyl (C=O) groups excluding carboxylic acids is 1. The van der Waals surface area contributed by atoms with Crippen LogP contribution in [0.25, 0.3) is 0 Å². The first-order valence-corrected chi connectivity index (χ1v) is 18.6. The molecule has 11 heteroatoms. The van der Waals surface area contributed by atoms with Crippen molar-refractivity contribution in [2.24, 2.45) is 29.4 Å². The third-order valence-electron chi connectivity index (χ3n) is 12.6. The Balaban J connectivity index is 1.06. The van der Waals surface area contributed by atoms with E-state index in [1.54, 1.807) is 0 Å². The Morgan fingerprint density at radius 3 is 2.55 bits per heavy atom. The summed E-state index contributed by atoms with van der Waals surface area (Å²) in [6, 6.07) is 1.52. The first-order chi connectivity index (χ1) is 22.9. The van der Waals surface area contributed by atoms with E-state index < -0.39 is 0 Å². The lowest BCUT2D eigenvalue weighted by Crippen LogP contribution is -2.64. The van der Waals surface area contributed by atoms with E-state index in [-0.39, 0.29) is 48.6 Å². The second kappa shape index (κ2) is 15.1. The number of methoxy groups -OCH3 is 1. The minimum atomic E-state index is -0.0798. The van der Waals surface area contributed by atoms with Crippen LogP contribution in [0.1, 0.15) is 64.7 Å². The van der Waals surface area contributed by atoms with Gasteiger partial charge >= 0.3 is 0 Å². The zero-order valence-electron chi connectivity index (χ0n) is 28.7. The smallest absolute Gasteiger partial charge is 0.245 e. The zero-order chi connectivity index (χ0) is 32.5. The van der Waals surface area contributed by atoms with Gasteiger partial charge in [-0.1, -0.05) is 18.4 Å². The average Bonchev–Trinajstić information content (AvgIpc) is 3.71. The molecule has 11 nitrogen and oxygen atoms in total. The number of nitrogens with one attached hydrogen (secondary N) is 3. The van der Waals surface area contributed by atoms with Crippen LogP contribution in [0, 0.1) is 35.5 Å². The van der Waals surface area contributed by atoms with Gasteiger partial charge in [-0.3, -0.25) is 30.5 Å². The van der Waals surface area contributed by atoms with Crippen LogP contribution >= 0.6 is 0 Å². The Morgan fingerprint density at radius 2 is 1.83 bits per heavy atom. The van der Waals surface area contributed by atoms with Crippen molar-refractivity contribution in [3.63, 3.8) is 0 Å². The molecule has 7 rings (SSSR count). The van der Waals surface area contributed by atoms with E-state index in [1.165, 1.54) is 18.9 Å². The molecule has 1 aliphatic carbocycles. The van der Waals surface area contributed by atoms with Gasteiger partial charge in [0, 0.05) is 76.5 Å². The Morgan fingerprint density at radius 1 is 1.00 bits per heavy atom. The Labute approximate surface area is 282 Å². The topological polar surface area (TPSA) is 117 Å². The van der Waals surface area contributed by atoms with E-state index in [9.17, 15) is 4.79 Å². The SMILES string of the molecule is C=CC(=O)N1CCC(N2CC(C#CC3C(C4CCC(OC5CCCC(C)N5)C(OC)C4)C4C(N)NCNC4N3C3CCOC3)C2)CC1. The third kappa shape index (κ3) is 7.19. The first-order valence-electron chi connectivity index (χ1n) is 18.6. The van der Waals surface area contributed by atoms with E-state index in [1.807, 2.05) is 12.0 Å². The lowest BCUT2D eigenvalue weighted by molar-refractivity contribution is -0.137. The van der Waals surface area contributed by atoms with Gasteiger partial charge < -0.3 is 24.8 Å². The number of amides is 1. The molecule has 6 aliphatic heterocycles. The van der Waals surface area contributed by atoms with E-state index in [0.717, 1.165) is 84.3 Å².